The Labute approximate surface area is 182 Å². The molecule has 0 radical (unpaired) electrons. The van der Waals surface area contributed by atoms with E-state index in [0.29, 0.717) is 27.2 Å². The third-order valence-corrected chi connectivity index (χ3v) is 5.69. The molecule has 9 heteroatoms. The summed E-state index contributed by atoms with van der Waals surface area (Å²) in [5, 5.41) is 40.7. The van der Waals surface area contributed by atoms with Crippen molar-refractivity contribution in [1.29, 1.82) is 0 Å². The molecule has 1 aliphatic rings. The van der Waals surface area contributed by atoms with Crippen LogP contribution in [0.25, 0.3) is 16.6 Å². The molecule has 8 nitrogen and oxygen atoms in total. The number of carbonyl (C=O) groups is 1. The summed E-state index contributed by atoms with van der Waals surface area (Å²) >= 11 is 6.43. The van der Waals surface area contributed by atoms with E-state index in [1.807, 2.05) is 0 Å². The maximum absolute atomic E-state index is 12.1. The average Bonchev–Trinajstić information content (AvgIpc) is 3.13. The second kappa shape index (κ2) is 8.58. The molecule has 1 saturated heterocycles. The summed E-state index contributed by atoms with van der Waals surface area (Å²) in [6.07, 6.45) is -5.49. The number of ketones is 1. The van der Waals surface area contributed by atoms with Crippen molar-refractivity contribution in [2.45, 2.75) is 37.6 Å². The van der Waals surface area contributed by atoms with Gasteiger partial charge in [-0.25, -0.2) is 0 Å². The van der Waals surface area contributed by atoms with Crippen LogP contribution in [0.2, 0.25) is 5.02 Å². The van der Waals surface area contributed by atoms with Gasteiger partial charge < -0.3 is 34.5 Å². The van der Waals surface area contributed by atoms with Crippen molar-refractivity contribution >= 4 is 28.3 Å². The molecular weight excluding hydrogens is 426 g/mol. The lowest BCUT2D eigenvalue weighted by Gasteiger charge is -2.39. The Morgan fingerprint density at radius 1 is 1.10 bits per heavy atom. The van der Waals surface area contributed by atoms with Crippen LogP contribution in [0.3, 0.4) is 0 Å². The molecule has 2 heterocycles. The number of para-hydroxylation sites is 1. The molecule has 5 atom stereocenters. The molecular formula is C22H22ClNO7. The number of Topliss-reactive ketones (excluding diaryl/α,β-unsaturated/α-hetero) is 1. The number of aliphatic hydroxyl groups is 4. The Morgan fingerprint density at radius 2 is 1.84 bits per heavy atom. The van der Waals surface area contributed by atoms with E-state index in [1.165, 1.54) is 6.92 Å². The van der Waals surface area contributed by atoms with Crippen LogP contribution in [0, 0.1) is 0 Å². The van der Waals surface area contributed by atoms with Gasteiger partial charge in [-0.1, -0.05) is 29.8 Å². The fourth-order valence-corrected chi connectivity index (χ4v) is 4.03. The Hall–Kier alpha value is -2.46. The van der Waals surface area contributed by atoms with Crippen LogP contribution in [0.4, 0.5) is 0 Å². The lowest BCUT2D eigenvalue weighted by molar-refractivity contribution is -0.277. The summed E-state index contributed by atoms with van der Waals surface area (Å²) in [7, 11) is 0. The molecule has 3 aromatic rings. The zero-order valence-electron chi connectivity index (χ0n) is 16.6. The minimum Gasteiger partial charge on any atom is -0.460 e. The van der Waals surface area contributed by atoms with Crippen LogP contribution < -0.4 is 4.74 Å². The molecule has 4 rings (SSSR count). The lowest BCUT2D eigenvalue weighted by Crippen LogP contribution is -2.60. The van der Waals surface area contributed by atoms with E-state index in [0.717, 1.165) is 0 Å². The summed E-state index contributed by atoms with van der Waals surface area (Å²) in [4.78, 5) is 12.1. The summed E-state index contributed by atoms with van der Waals surface area (Å²) in [6.45, 7) is 0.905. The highest BCUT2D eigenvalue weighted by Crippen LogP contribution is 2.38. The minimum absolute atomic E-state index is 0.115. The van der Waals surface area contributed by atoms with Crippen LogP contribution in [0.5, 0.6) is 5.75 Å². The standard InChI is InChI=1S/C22H22ClNO7/c1-11(26)12-5-2-3-7-14(12)24-9-16(18-13(23)6-4-8-15(18)24)30-22-21(29)20(28)19(27)17(10-25)31-22/h2-9,17,19-22,25,27-29H,10H2,1H3/t17-,19+,20+,21-,22-/m1/s1. The van der Waals surface area contributed by atoms with E-state index in [1.54, 1.807) is 53.2 Å². The first-order valence-electron chi connectivity index (χ1n) is 9.70. The summed E-state index contributed by atoms with van der Waals surface area (Å²) in [6, 6.07) is 12.3. The number of rotatable bonds is 5. The van der Waals surface area contributed by atoms with E-state index >= 15 is 0 Å². The summed E-state index contributed by atoms with van der Waals surface area (Å²) in [5.41, 5.74) is 1.77. The van der Waals surface area contributed by atoms with Crippen LogP contribution in [0.15, 0.2) is 48.7 Å². The molecule has 0 aliphatic carbocycles. The maximum Gasteiger partial charge on any atom is 0.229 e. The fourth-order valence-electron chi connectivity index (χ4n) is 3.77. The third kappa shape index (κ3) is 3.82. The van der Waals surface area contributed by atoms with Gasteiger partial charge in [-0.3, -0.25) is 4.79 Å². The van der Waals surface area contributed by atoms with Gasteiger partial charge in [0.05, 0.1) is 34.4 Å². The topological polar surface area (TPSA) is 121 Å². The van der Waals surface area contributed by atoms with Crippen molar-refractivity contribution in [1.82, 2.24) is 4.57 Å². The molecule has 31 heavy (non-hydrogen) atoms. The molecule has 0 amide bonds. The number of fused-ring (bicyclic) bond motifs is 1. The van der Waals surface area contributed by atoms with Crippen LogP contribution >= 0.6 is 11.6 Å². The largest absolute Gasteiger partial charge is 0.460 e. The maximum atomic E-state index is 12.1. The third-order valence-electron chi connectivity index (χ3n) is 5.38. The first-order chi connectivity index (χ1) is 14.8. The van der Waals surface area contributed by atoms with Gasteiger partial charge in [0, 0.05) is 5.56 Å². The van der Waals surface area contributed by atoms with Gasteiger partial charge in [-0.2, -0.15) is 0 Å². The second-order valence-corrected chi connectivity index (χ2v) is 7.79. The first kappa shape index (κ1) is 21.8. The van der Waals surface area contributed by atoms with Crippen molar-refractivity contribution in [3.63, 3.8) is 0 Å². The molecule has 1 aromatic heterocycles. The zero-order chi connectivity index (χ0) is 22.3. The molecule has 4 N–H and O–H groups in total. The van der Waals surface area contributed by atoms with Gasteiger partial charge >= 0.3 is 0 Å². The molecule has 0 spiro atoms. The van der Waals surface area contributed by atoms with E-state index in [4.69, 9.17) is 21.1 Å². The highest BCUT2D eigenvalue weighted by atomic mass is 35.5. The fraction of sp³-hybridized carbons (Fsp3) is 0.318. The number of aliphatic hydroxyl groups excluding tert-OH is 4. The Bertz CT molecular complexity index is 1110. The predicted octanol–water partition coefficient (Wildman–Crippen LogP) is 1.67. The second-order valence-electron chi connectivity index (χ2n) is 7.39. The van der Waals surface area contributed by atoms with Crippen molar-refractivity contribution in [3.8, 4) is 11.4 Å². The molecule has 0 bridgehead atoms. The predicted molar refractivity (Wildman–Crippen MR) is 113 cm³/mol. The Balaban J connectivity index is 1.81. The van der Waals surface area contributed by atoms with Crippen LogP contribution in [-0.4, -0.2) is 68.1 Å². The Morgan fingerprint density at radius 3 is 2.55 bits per heavy atom. The van der Waals surface area contributed by atoms with Gasteiger partial charge in [0.25, 0.3) is 0 Å². The van der Waals surface area contributed by atoms with Crippen molar-refractivity contribution < 1.29 is 34.7 Å². The van der Waals surface area contributed by atoms with Gasteiger partial charge in [-0.05, 0) is 31.2 Å². The quantitative estimate of drug-likeness (QED) is 0.439. The summed E-state index contributed by atoms with van der Waals surface area (Å²) in [5.74, 6) is 0.124. The van der Waals surface area contributed by atoms with E-state index in [2.05, 4.69) is 0 Å². The van der Waals surface area contributed by atoms with Crippen LogP contribution in [0.1, 0.15) is 17.3 Å². The molecule has 164 valence electrons. The number of nitrogens with zero attached hydrogens (tertiary/aromatic N) is 1. The highest BCUT2D eigenvalue weighted by molar-refractivity contribution is 6.36. The average molecular weight is 448 g/mol. The molecule has 0 saturated carbocycles. The van der Waals surface area contributed by atoms with Crippen molar-refractivity contribution in [3.05, 3.63) is 59.2 Å². The van der Waals surface area contributed by atoms with Gasteiger partial charge in [0.15, 0.2) is 5.78 Å². The van der Waals surface area contributed by atoms with Gasteiger partial charge in [-0.15, -0.1) is 0 Å². The molecule has 0 unspecified atom stereocenters. The van der Waals surface area contributed by atoms with Crippen molar-refractivity contribution in [2.75, 3.05) is 6.61 Å². The number of aromatic nitrogens is 1. The molecule has 1 aliphatic heterocycles. The number of hydrogen-bond donors (Lipinski definition) is 4. The normalized spacial score (nSPS) is 26.2. The lowest BCUT2D eigenvalue weighted by atomic mass is 9.99. The van der Waals surface area contributed by atoms with Gasteiger partial charge in [0.1, 0.15) is 30.2 Å². The van der Waals surface area contributed by atoms with Crippen LogP contribution in [-0.2, 0) is 4.74 Å². The van der Waals surface area contributed by atoms with Crippen molar-refractivity contribution in [2.24, 2.45) is 0 Å². The smallest absolute Gasteiger partial charge is 0.229 e. The number of ether oxygens (including phenoxy) is 2. The number of carbonyl (C=O) groups excluding carboxylic acids is 1. The Kier molecular flexibility index (Phi) is 6.02. The first-order valence-corrected chi connectivity index (χ1v) is 10.1. The summed E-state index contributed by atoms with van der Waals surface area (Å²) < 4.78 is 13.1. The monoisotopic (exact) mass is 447 g/mol. The highest BCUT2D eigenvalue weighted by Gasteiger charge is 2.45. The SMILES string of the molecule is CC(=O)c1ccccc1-n1cc(O[C@@H]2O[C@H](CO)[C@H](O)[C@H](O)[C@H]2O)c2c(Cl)cccc21. The molecule has 2 aromatic carbocycles. The van der Waals surface area contributed by atoms with Gasteiger partial charge in [0.2, 0.25) is 6.29 Å². The van der Waals surface area contributed by atoms with E-state index in [9.17, 15) is 25.2 Å². The number of halogens is 1. The van der Waals surface area contributed by atoms with E-state index in [-0.39, 0.29) is 11.5 Å². The minimum atomic E-state index is -1.57. The zero-order valence-corrected chi connectivity index (χ0v) is 17.3. The van der Waals surface area contributed by atoms with E-state index < -0.39 is 37.3 Å². The number of hydrogen-bond acceptors (Lipinski definition) is 7. The molecule has 1 fully saturated rings. The number of benzene rings is 2.